The second-order valence-corrected chi connectivity index (χ2v) is 6.41. The Balaban J connectivity index is 3.13. The molecule has 0 aliphatic carbocycles. The summed E-state index contributed by atoms with van der Waals surface area (Å²) in [6.07, 6.45) is 0.406. The summed E-state index contributed by atoms with van der Waals surface area (Å²) >= 11 is 0. The van der Waals surface area contributed by atoms with E-state index >= 15 is 0 Å². The van der Waals surface area contributed by atoms with E-state index in [-0.39, 0.29) is 12.6 Å². The van der Waals surface area contributed by atoms with Crippen molar-refractivity contribution in [3.05, 3.63) is 28.8 Å². The van der Waals surface area contributed by atoms with Gasteiger partial charge in [0.2, 0.25) is 10.0 Å². The predicted octanol–water partition coefficient (Wildman–Crippen LogP) is 1.66. The topological polar surface area (TPSA) is 66.4 Å². The Morgan fingerprint density at radius 2 is 1.72 bits per heavy atom. The molecule has 0 aliphatic rings. The molecule has 0 aliphatic heterocycles. The molecule has 2 N–H and O–H groups in total. The summed E-state index contributed by atoms with van der Waals surface area (Å²) in [6.45, 7) is 7.25. The molecule has 5 heteroatoms. The largest absolute Gasteiger partial charge is 0.396 e. The van der Waals surface area contributed by atoms with Crippen molar-refractivity contribution in [1.82, 2.24) is 4.72 Å². The maximum Gasteiger partial charge on any atom is 0.241 e. The highest BCUT2D eigenvalue weighted by Gasteiger charge is 2.21. The first-order valence-corrected chi connectivity index (χ1v) is 7.47. The first-order chi connectivity index (χ1) is 8.27. The van der Waals surface area contributed by atoms with Crippen LogP contribution in [0.25, 0.3) is 0 Å². The van der Waals surface area contributed by atoms with Gasteiger partial charge >= 0.3 is 0 Å². The number of aryl methyl sites for hydroxylation is 3. The molecule has 1 aromatic rings. The van der Waals surface area contributed by atoms with Crippen LogP contribution in [-0.4, -0.2) is 26.2 Å². The Morgan fingerprint density at radius 1 is 1.22 bits per heavy atom. The molecule has 18 heavy (non-hydrogen) atoms. The van der Waals surface area contributed by atoms with Crippen molar-refractivity contribution in [2.45, 2.75) is 45.1 Å². The second kappa shape index (κ2) is 5.82. The number of rotatable bonds is 5. The van der Waals surface area contributed by atoms with E-state index in [0.717, 1.165) is 16.7 Å². The summed E-state index contributed by atoms with van der Waals surface area (Å²) in [6, 6.07) is 3.44. The minimum atomic E-state index is -3.52. The number of sulfonamides is 1. The van der Waals surface area contributed by atoms with E-state index in [1.807, 2.05) is 19.1 Å². The first kappa shape index (κ1) is 15.1. The first-order valence-electron chi connectivity index (χ1n) is 5.99. The van der Waals surface area contributed by atoms with E-state index in [1.54, 1.807) is 20.8 Å². The second-order valence-electron chi connectivity index (χ2n) is 4.76. The van der Waals surface area contributed by atoms with Gasteiger partial charge in [-0.15, -0.1) is 0 Å². The molecule has 0 bridgehead atoms. The number of hydrogen-bond acceptors (Lipinski definition) is 3. The zero-order valence-electron chi connectivity index (χ0n) is 11.3. The van der Waals surface area contributed by atoms with Crippen molar-refractivity contribution in [3.8, 4) is 0 Å². The monoisotopic (exact) mass is 271 g/mol. The van der Waals surface area contributed by atoms with Crippen LogP contribution in [0.5, 0.6) is 0 Å². The van der Waals surface area contributed by atoms with Crippen LogP contribution in [0.1, 0.15) is 30.0 Å². The third-order valence-corrected chi connectivity index (χ3v) is 4.69. The van der Waals surface area contributed by atoms with Crippen molar-refractivity contribution >= 4 is 10.0 Å². The Labute approximate surface area is 109 Å². The van der Waals surface area contributed by atoms with Crippen molar-refractivity contribution < 1.29 is 13.5 Å². The fraction of sp³-hybridized carbons (Fsp3) is 0.538. The lowest BCUT2D eigenvalue weighted by Crippen LogP contribution is -2.34. The SMILES string of the molecule is Cc1cc(C)c(S(=O)(=O)NC(C)CCO)c(C)c1. The van der Waals surface area contributed by atoms with Gasteiger partial charge < -0.3 is 5.11 Å². The zero-order chi connectivity index (χ0) is 13.9. The van der Waals surface area contributed by atoms with Gasteiger partial charge in [-0.05, 0) is 45.2 Å². The van der Waals surface area contributed by atoms with Gasteiger partial charge in [0.05, 0.1) is 4.90 Å². The number of aliphatic hydroxyl groups excluding tert-OH is 1. The molecular weight excluding hydrogens is 250 g/mol. The van der Waals surface area contributed by atoms with Crippen LogP contribution in [0.3, 0.4) is 0 Å². The van der Waals surface area contributed by atoms with Crippen LogP contribution in [0.15, 0.2) is 17.0 Å². The molecule has 0 radical (unpaired) electrons. The third kappa shape index (κ3) is 3.54. The molecule has 0 spiro atoms. The Hall–Kier alpha value is -0.910. The van der Waals surface area contributed by atoms with Crippen molar-refractivity contribution in [2.75, 3.05) is 6.61 Å². The van der Waals surface area contributed by atoms with Crippen LogP contribution >= 0.6 is 0 Å². The fourth-order valence-electron chi connectivity index (χ4n) is 2.17. The molecule has 0 saturated heterocycles. The van der Waals surface area contributed by atoms with Crippen LogP contribution in [0.2, 0.25) is 0 Å². The smallest absolute Gasteiger partial charge is 0.241 e. The van der Waals surface area contributed by atoms with E-state index in [9.17, 15) is 8.42 Å². The van der Waals surface area contributed by atoms with E-state index in [2.05, 4.69) is 4.72 Å². The normalized spacial score (nSPS) is 13.6. The van der Waals surface area contributed by atoms with Crippen molar-refractivity contribution in [3.63, 3.8) is 0 Å². The minimum absolute atomic E-state index is 0.0322. The number of hydrogen-bond donors (Lipinski definition) is 2. The molecular formula is C13H21NO3S. The van der Waals surface area contributed by atoms with Gasteiger partial charge in [0, 0.05) is 12.6 Å². The Morgan fingerprint density at radius 3 is 2.17 bits per heavy atom. The molecule has 0 fully saturated rings. The van der Waals surface area contributed by atoms with E-state index in [1.165, 1.54) is 0 Å². The highest BCUT2D eigenvalue weighted by Crippen LogP contribution is 2.21. The van der Waals surface area contributed by atoms with Crippen molar-refractivity contribution in [2.24, 2.45) is 0 Å². The summed E-state index contributed by atoms with van der Waals surface area (Å²) < 4.78 is 27.1. The highest BCUT2D eigenvalue weighted by molar-refractivity contribution is 7.89. The number of benzene rings is 1. The highest BCUT2D eigenvalue weighted by atomic mass is 32.2. The van der Waals surface area contributed by atoms with Crippen LogP contribution in [-0.2, 0) is 10.0 Å². The molecule has 0 heterocycles. The Bertz CT molecular complexity index is 500. The quantitative estimate of drug-likeness (QED) is 0.856. The molecule has 1 aromatic carbocycles. The average molecular weight is 271 g/mol. The molecule has 0 saturated carbocycles. The molecule has 0 amide bonds. The van der Waals surface area contributed by atoms with Crippen LogP contribution in [0, 0.1) is 20.8 Å². The van der Waals surface area contributed by atoms with E-state index in [4.69, 9.17) is 5.11 Å². The molecule has 4 nitrogen and oxygen atoms in total. The van der Waals surface area contributed by atoms with Gasteiger partial charge in [-0.25, -0.2) is 13.1 Å². The summed E-state index contributed by atoms with van der Waals surface area (Å²) in [7, 11) is -3.52. The standard InChI is InChI=1S/C13H21NO3S/c1-9-7-10(2)13(11(3)8-9)18(16,17)14-12(4)5-6-15/h7-8,12,14-15H,5-6H2,1-4H3. The maximum absolute atomic E-state index is 12.3. The zero-order valence-corrected chi connectivity index (χ0v) is 12.1. The van der Waals surface area contributed by atoms with Crippen LogP contribution in [0.4, 0.5) is 0 Å². The lowest BCUT2D eigenvalue weighted by molar-refractivity contribution is 0.275. The van der Waals surface area contributed by atoms with Gasteiger partial charge in [0.1, 0.15) is 0 Å². The van der Waals surface area contributed by atoms with Crippen LogP contribution < -0.4 is 4.72 Å². The minimum Gasteiger partial charge on any atom is -0.396 e. The molecule has 0 aromatic heterocycles. The molecule has 1 atom stereocenters. The third-order valence-electron chi connectivity index (χ3n) is 2.79. The summed E-state index contributed by atoms with van der Waals surface area (Å²) in [4.78, 5) is 0.345. The Kier molecular flexibility index (Phi) is 4.90. The van der Waals surface area contributed by atoms with Gasteiger partial charge in [-0.1, -0.05) is 17.7 Å². The van der Waals surface area contributed by atoms with E-state index < -0.39 is 10.0 Å². The van der Waals surface area contributed by atoms with Gasteiger partial charge in [0.15, 0.2) is 0 Å². The van der Waals surface area contributed by atoms with Gasteiger partial charge in [-0.2, -0.15) is 0 Å². The molecule has 102 valence electrons. The average Bonchev–Trinajstić information content (AvgIpc) is 2.13. The fourth-order valence-corrected chi connectivity index (χ4v) is 3.90. The van der Waals surface area contributed by atoms with Gasteiger partial charge in [0.25, 0.3) is 0 Å². The number of aliphatic hydroxyl groups is 1. The summed E-state index contributed by atoms with van der Waals surface area (Å²) in [5.41, 5.74) is 2.54. The molecule has 1 unspecified atom stereocenters. The lowest BCUT2D eigenvalue weighted by Gasteiger charge is -2.16. The van der Waals surface area contributed by atoms with Gasteiger partial charge in [-0.3, -0.25) is 0 Å². The summed E-state index contributed by atoms with van der Waals surface area (Å²) in [5.74, 6) is 0. The lowest BCUT2D eigenvalue weighted by atomic mass is 10.1. The maximum atomic E-state index is 12.3. The number of nitrogens with one attached hydrogen (secondary N) is 1. The van der Waals surface area contributed by atoms with Crippen molar-refractivity contribution in [1.29, 1.82) is 0 Å². The predicted molar refractivity (Wildman–Crippen MR) is 72.1 cm³/mol. The molecule has 1 rings (SSSR count). The van der Waals surface area contributed by atoms with E-state index in [0.29, 0.717) is 11.3 Å². The summed E-state index contributed by atoms with van der Waals surface area (Å²) in [5, 5.41) is 8.81.